The zero-order valence-corrected chi connectivity index (χ0v) is 17.9. The highest BCUT2D eigenvalue weighted by atomic mass is 35.5. The van der Waals surface area contributed by atoms with Crippen molar-refractivity contribution in [2.24, 2.45) is 0 Å². The van der Waals surface area contributed by atoms with Gasteiger partial charge in [0.2, 0.25) is 0 Å². The number of carbonyl (C=O) groups excluding carboxylic acids is 1. The van der Waals surface area contributed by atoms with Crippen LogP contribution < -0.4 is 5.56 Å². The van der Waals surface area contributed by atoms with Gasteiger partial charge >= 0.3 is 0 Å². The fraction of sp³-hybridized carbons (Fsp3) is 0.174. The molecule has 29 heavy (non-hydrogen) atoms. The molecule has 4 aromatic rings. The topological polar surface area (TPSA) is 52.0 Å². The van der Waals surface area contributed by atoms with E-state index in [0.717, 1.165) is 22.3 Å². The number of fused-ring (bicyclic) bond motifs is 1. The van der Waals surface area contributed by atoms with Crippen LogP contribution in [0.15, 0.2) is 52.6 Å². The highest BCUT2D eigenvalue weighted by Gasteiger charge is 2.18. The third-order valence-corrected chi connectivity index (χ3v) is 6.29. The lowest BCUT2D eigenvalue weighted by Gasteiger charge is -2.10. The minimum absolute atomic E-state index is 0.0357. The van der Waals surface area contributed by atoms with Gasteiger partial charge < -0.3 is 0 Å². The zero-order chi connectivity index (χ0) is 20.7. The van der Waals surface area contributed by atoms with Gasteiger partial charge in [0.15, 0.2) is 5.78 Å². The van der Waals surface area contributed by atoms with Crippen molar-refractivity contribution in [3.8, 4) is 11.1 Å². The number of aromatic nitrogens is 2. The zero-order valence-electron chi connectivity index (χ0n) is 16.3. The molecular weight excluding hydrogens is 404 g/mol. The molecule has 0 aliphatic heterocycles. The van der Waals surface area contributed by atoms with E-state index < -0.39 is 0 Å². The molecule has 4 nitrogen and oxygen atoms in total. The Bertz CT molecular complexity index is 1300. The molecule has 0 saturated carbocycles. The Morgan fingerprint density at radius 1 is 1.07 bits per heavy atom. The molecule has 6 heteroatoms. The number of benzene rings is 2. The van der Waals surface area contributed by atoms with Crippen molar-refractivity contribution in [1.29, 1.82) is 0 Å². The van der Waals surface area contributed by atoms with Crippen LogP contribution in [0.25, 0.3) is 21.3 Å². The Kier molecular flexibility index (Phi) is 5.11. The number of aryl methyl sites for hydroxylation is 3. The molecule has 2 heterocycles. The summed E-state index contributed by atoms with van der Waals surface area (Å²) in [6, 6.07) is 13.0. The summed E-state index contributed by atoms with van der Waals surface area (Å²) in [6.45, 7) is 5.70. The monoisotopic (exact) mass is 422 g/mol. The Morgan fingerprint density at radius 3 is 2.48 bits per heavy atom. The number of thiophene rings is 1. The van der Waals surface area contributed by atoms with E-state index >= 15 is 0 Å². The second-order valence-corrected chi connectivity index (χ2v) is 8.40. The third-order valence-electron chi connectivity index (χ3n) is 5.17. The number of carbonyl (C=O) groups is 1. The first-order chi connectivity index (χ1) is 13.8. The minimum atomic E-state index is -0.198. The van der Waals surface area contributed by atoms with E-state index in [-0.39, 0.29) is 17.9 Å². The van der Waals surface area contributed by atoms with E-state index in [2.05, 4.69) is 4.98 Å². The molecule has 0 N–H and O–H groups in total. The molecule has 0 atom stereocenters. The first kappa shape index (κ1) is 19.6. The summed E-state index contributed by atoms with van der Waals surface area (Å²) >= 11 is 7.42. The van der Waals surface area contributed by atoms with Crippen molar-refractivity contribution in [2.45, 2.75) is 27.3 Å². The van der Waals surface area contributed by atoms with E-state index in [1.165, 1.54) is 15.9 Å². The quantitative estimate of drug-likeness (QED) is 0.403. The van der Waals surface area contributed by atoms with Gasteiger partial charge in [-0.2, -0.15) is 0 Å². The summed E-state index contributed by atoms with van der Waals surface area (Å²) in [5.41, 5.74) is 4.29. The van der Waals surface area contributed by atoms with E-state index in [1.54, 1.807) is 25.1 Å². The summed E-state index contributed by atoms with van der Waals surface area (Å²) < 4.78 is 1.46. The number of rotatable bonds is 4. The van der Waals surface area contributed by atoms with Crippen molar-refractivity contribution in [2.75, 3.05) is 0 Å². The summed E-state index contributed by atoms with van der Waals surface area (Å²) in [4.78, 5) is 31.4. The maximum Gasteiger partial charge on any atom is 0.263 e. The van der Waals surface area contributed by atoms with Crippen LogP contribution in [0.2, 0.25) is 5.02 Å². The van der Waals surface area contributed by atoms with Gasteiger partial charge in [0.1, 0.15) is 10.7 Å². The summed E-state index contributed by atoms with van der Waals surface area (Å²) in [5, 5.41) is 3.10. The Morgan fingerprint density at radius 2 is 1.79 bits per heavy atom. The maximum absolute atomic E-state index is 13.3. The van der Waals surface area contributed by atoms with Crippen molar-refractivity contribution < 1.29 is 4.79 Å². The van der Waals surface area contributed by atoms with Crippen LogP contribution in [0, 0.1) is 20.8 Å². The lowest BCUT2D eigenvalue weighted by atomic mass is 10.0. The summed E-state index contributed by atoms with van der Waals surface area (Å²) in [7, 11) is 0. The molecule has 4 rings (SSSR count). The van der Waals surface area contributed by atoms with Crippen LogP contribution in [0.5, 0.6) is 0 Å². The van der Waals surface area contributed by atoms with Gasteiger partial charge in [0, 0.05) is 21.5 Å². The number of nitrogens with zero attached hydrogens (tertiary/aromatic N) is 2. The fourth-order valence-corrected chi connectivity index (χ4v) is 4.41. The van der Waals surface area contributed by atoms with Gasteiger partial charge in [0.25, 0.3) is 5.56 Å². The fourth-order valence-electron chi connectivity index (χ4n) is 3.30. The molecule has 0 aliphatic rings. The minimum Gasteiger partial charge on any atom is -0.292 e. The first-order valence-corrected chi connectivity index (χ1v) is 10.5. The number of Topliss-reactive ketones (excluding diaryl/α,β-unsaturated/α-hetero) is 1. The molecule has 2 aromatic heterocycles. The highest BCUT2D eigenvalue weighted by molar-refractivity contribution is 7.17. The largest absolute Gasteiger partial charge is 0.292 e. The number of ketones is 1. The van der Waals surface area contributed by atoms with Gasteiger partial charge in [-0.05, 0) is 55.7 Å². The lowest BCUT2D eigenvalue weighted by Crippen LogP contribution is -2.27. The van der Waals surface area contributed by atoms with Crippen LogP contribution in [0.1, 0.15) is 27.3 Å². The molecule has 2 aromatic carbocycles. The van der Waals surface area contributed by atoms with Crippen LogP contribution in [0.4, 0.5) is 0 Å². The van der Waals surface area contributed by atoms with Crippen molar-refractivity contribution in [3.05, 3.63) is 85.7 Å². The van der Waals surface area contributed by atoms with Gasteiger partial charge in [-0.1, -0.05) is 35.9 Å². The third kappa shape index (κ3) is 3.63. The normalized spacial score (nSPS) is 11.2. The van der Waals surface area contributed by atoms with Crippen LogP contribution in [-0.2, 0) is 6.54 Å². The average Bonchev–Trinajstić information content (AvgIpc) is 3.11. The number of halogens is 1. The SMILES string of the molecule is Cc1ccc(C(=O)Cn2c(C)nc3scc(-c4ccc(Cl)cc4)c3c2=O)cc1C. The average molecular weight is 423 g/mol. The van der Waals surface area contributed by atoms with E-state index in [9.17, 15) is 9.59 Å². The standard InChI is InChI=1S/C23H19ClN2O2S/c1-13-4-5-17(10-14(13)2)20(27)11-26-15(3)25-22-21(23(26)28)19(12-29-22)16-6-8-18(24)9-7-16/h4-10,12H,11H2,1-3H3. The van der Waals surface area contributed by atoms with E-state index in [0.29, 0.717) is 26.6 Å². The Hall–Kier alpha value is -2.76. The molecule has 0 radical (unpaired) electrons. The molecule has 0 spiro atoms. The smallest absolute Gasteiger partial charge is 0.263 e. The molecule has 0 bridgehead atoms. The summed E-state index contributed by atoms with van der Waals surface area (Å²) in [6.07, 6.45) is 0. The first-order valence-electron chi connectivity index (χ1n) is 9.20. The van der Waals surface area contributed by atoms with Crippen LogP contribution in [-0.4, -0.2) is 15.3 Å². The van der Waals surface area contributed by atoms with Crippen LogP contribution >= 0.6 is 22.9 Å². The second kappa shape index (κ2) is 7.58. The molecular formula is C23H19ClN2O2S. The summed E-state index contributed by atoms with van der Waals surface area (Å²) in [5.74, 6) is 0.423. The molecule has 0 aliphatic carbocycles. The van der Waals surface area contributed by atoms with Gasteiger partial charge in [0.05, 0.1) is 11.9 Å². The van der Waals surface area contributed by atoms with Gasteiger partial charge in [-0.3, -0.25) is 14.2 Å². The number of hydrogen-bond donors (Lipinski definition) is 0. The van der Waals surface area contributed by atoms with Gasteiger partial charge in [-0.15, -0.1) is 11.3 Å². The highest BCUT2D eigenvalue weighted by Crippen LogP contribution is 2.31. The predicted octanol–water partition coefficient (Wildman–Crippen LogP) is 5.59. The van der Waals surface area contributed by atoms with Crippen molar-refractivity contribution in [3.63, 3.8) is 0 Å². The molecule has 0 amide bonds. The maximum atomic E-state index is 13.3. The molecule has 146 valence electrons. The predicted molar refractivity (Wildman–Crippen MR) is 119 cm³/mol. The lowest BCUT2D eigenvalue weighted by molar-refractivity contribution is 0.0969. The van der Waals surface area contributed by atoms with E-state index in [1.807, 2.05) is 43.5 Å². The van der Waals surface area contributed by atoms with E-state index in [4.69, 9.17) is 11.6 Å². The Labute approximate surface area is 177 Å². The molecule has 0 unspecified atom stereocenters. The van der Waals surface area contributed by atoms with Gasteiger partial charge in [-0.25, -0.2) is 4.98 Å². The van der Waals surface area contributed by atoms with Crippen molar-refractivity contribution in [1.82, 2.24) is 9.55 Å². The Balaban J connectivity index is 1.79. The molecule has 0 fully saturated rings. The van der Waals surface area contributed by atoms with Crippen molar-refractivity contribution >= 4 is 38.9 Å². The second-order valence-electron chi connectivity index (χ2n) is 7.11. The number of hydrogen-bond acceptors (Lipinski definition) is 4. The molecule has 0 saturated heterocycles. The van der Waals surface area contributed by atoms with Crippen LogP contribution in [0.3, 0.4) is 0 Å².